The minimum absolute atomic E-state index is 0.0641. The van der Waals surface area contributed by atoms with E-state index in [-0.39, 0.29) is 11.9 Å². The van der Waals surface area contributed by atoms with Crippen molar-refractivity contribution in [3.8, 4) is 17.2 Å². The van der Waals surface area contributed by atoms with Crippen LogP contribution in [0.1, 0.15) is 29.5 Å². The number of amides is 1. The van der Waals surface area contributed by atoms with Gasteiger partial charge in [0.15, 0.2) is 0 Å². The first-order chi connectivity index (χ1) is 11.9. The normalized spacial score (nSPS) is 18.3. The van der Waals surface area contributed by atoms with Crippen molar-refractivity contribution in [2.75, 3.05) is 20.2 Å². The second-order valence-corrected chi connectivity index (χ2v) is 6.60. The monoisotopic (exact) mass is 343 g/mol. The van der Waals surface area contributed by atoms with Gasteiger partial charge in [0.2, 0.25) is 11.8 Å². The molecule has 0 radical (unpaired) electrons. The van der Waals surface area contributed by atoms with Crippen LogP contribution in [0.3, 0.4) is 0 Å². The molecule has 134 valence electrons. The lowest BCUT2D eigenvalue weighted by Gasteiger charge is -2.32. The van der Waals surface area contributed by atoms with Crippen LogP contribution in [-0.4, -0.2) is 42.0 Å². The molecule has 6 nitrogen and oxygen atoms in total. The summed E-state index contributed by atoms with van der Waals surface area (Å²) >= 11 is 0. The molecule has 1 amide bonds. The number of ether oxygens (including phenoxy) is 1. The summed E-state index contributed by atoms with van der Waals surface area (Å²) in [7, 11) is 1.67. The number of aryl methyl sites for hydroxylation is 3. The number of benzene rings is 1. The summed E-state index contributed by atoms with van der Waals surface area (Å²) in [5.74, 6) is 2.33. The minimum Gasteiger partial charge on any atom is -0.496 e. The lowest BCUT2D eigenvalue weighted by atomic mass is 10.0. The first-order valence-corrected chi connectivity index (χ1v) is 8.54. The average molecular weight is 343 g/mol. The quantitative estimate of drug-likeness (QED) is 0.924. The molecule has 0 aliphatic carbocycles. The largest absolute Gasteiger partial charge is 0.496 e. The summed E-state index contributed by atoms with van der Waals surface area (Å²) in [6.45, 7) is 9.96. The van der Waals surface area contributed by atoms with Gasteiger partial charge in [-0.15, -0.1) is 0 Å². The second-order valence-electron chi connectivity index (χ2n) is 6.60. The summed E-state index contributed by atoms with van der Waals surface area (Å²) in [5, 5.41) is 2.88. The van der Waals surface area contributed by atoms with Gasteiger partial charge in [-0.1, -0.05) is 0 Å². The Balaban J connectivity index is 1.88. The van der Waals surface area contributed by atoms with E-state index in [1.807, 2.05) is 39.8 Å². The lowest BCUT2D eigenvalue weighted by molar-refractivity contribution is -0.128. The summed E-state index contributed by atoms with van der Waals surface area (Å²) in [5.41, 5.74) is 3.95. The van der Waals surface area contributed by atoms with Crippen molar-refractivity contribution >= 4 is 5.91 Å². The van der Waals surface area contributed by atoms with Gasteiger partial charge in [-0.05, 0) is 51.0 Å². The van der Waals surface area contributed by atoms with Gasteiger partial charge < -0.3 is 14.5 Å². The molecule has 1 atom stereocenters. The Morgan fingerprint density at radius 3 is 2.80 bits per heavy atom. The van der Waals surface area contributed by atoms with Crippen LogP contribution in [0.15, 0.2) is 16.5 Å². The van der Waals surface area contributed by atoms with E-state index in [1.54, 1.807) is 7.11 Å². The van der Waals surface area contributed by atoms with Crippen molar-refractivity contribution in [3.05, 3.63) is 34.7 Å². The topological polar surface area (TPSA) is 67.6 Å². The SMILES string of the molecule is COc1cc(C)c(-c2nc(CN3CCNC(=O)[C@H]3C)c(C)o2)cc1C. The number of nitrogens with one attached hydrogen (secondary N) is 1. The van der Waals surface area contributed by atoms with Crippen LogP contribution in [0, 0.1) is 20.8 Å². The van der Waals surface area contributed by atoms with E-state index in [2.05, 4.69) is 10.2 Å². The van der Waals surface area contributed by atoms with Gasteiger partial charge in [0, 0.05) is 25.2 Å². The highest BCUT2D eigenvalue weighted by molar-refractivity contribution is 5.82. The van der Waals surface area contributed by atoms with Gasteiger partial charge in [0.05, 0.1) is 18.8 Å². The number of piperazine rings is 1. The molecule has 1 aromatic carbocycles. The van der Waals surface area contributed by atoms with Crippen LogP contribution < -0.4 is 10.1 Å². The molecule has 0 saturated carbocycles. The highest BCUT2D eigenvalue weighted by Gasteiger charge is 2.27. The Kier molecular flexibility index (Phi) is 4.81. The molecule has 2 heterocycles. The molecule has 6 heteroatoms. The van der Waals surface area contributed by atoms with E-state index in [0.29, 0.717) is 19.0 Å². The maximum absolute atomic E-state index is 11.8. The Labute approximate surface area is 148 Å². The highest BCUT2D eigenvalue weighted by Crippen LogP contribution is 2.31. The number of oxazole rings is 1. The van der Waals surface area contributed by atoms with E-state index < -0.39 is 0 Å². The summed E-state index contributed by atoms with van der Waals surface area (Å²) in [6, 6.07) is 3.89. The number of hydrogen-bond acceptors (Lipinski definition) is 5. The van der Waals surface area contributed by atoms with E-state index >= 15 is 0 Å². The molecule has 0 unspecified atom stereocenters. The molecule has 1 aliphatic heterocycles. The van der Waals surface area contributed by atoms with Crippen molar-refractivity contribution in [1.29, 1.82) is 0 Å². The Hall–Kier alpha value is -2.34. The molecule has 3 rings (SSSR count). The zero-order chi connectivity index (χ0) is 18.1. The Morgan fingerprint density at radius 2 is 2.08 bits per heavy atom. The van der Waals surface area contributed by atoms with Crippen molar-refractivity contribution < 1.29 is 13.9 Å². The molecule has 1 aromatic heterocycles. The van der Waals surface area contributed by atoms with E-state index in [0.717, 1.165) is 40.4 Å². The number of nitrogens with zero attached hydrogens (tertiary/aromatic N) is 2. The van der Waals surface area contributed by atoms with E-state index in [9.17, 15) is 4.79 Å². The zero-order valence-corrected chi connectivity index (χ0v) is 15.5. The zero-order valence-electron chi connectivity index (χ0n) is 15.5. The van der Waals surface area contributed by atoms with Crippen molar-refractivity contribution in [2.24, 2.45) is 0 Å². The third kappa shape index (κ3) is 3.39. The molecular formula is C19H25N3O3. The van der Waals surface area contributed by atoms with Gasteiger partial charge >= 0.3 is 0 Å². The third-order valence-electron chi connectivity index (χ3n) is 4.84. The molecule has 1 N–H and O–H groups in total. The van der Waals surface area contributed by atoms with Crippen LogP contribution in [0.4, 0.5) is 0 Å². The molecule has 1 fully saturated rings. The van der Waals surface area contributed by atoms with Crippen molar-refractivity contribution in [3.63, 3.8) is 0 Å². The molecule has 0 bridgehead atoms. The number of carbonyl (C=O) groups excluding carboxylic acids is 1. The summed E-state index contributed by atoms with van der Waals surface area (Å²) in [4.78, 5) is 18.7. The first kappa shape index (κ1) is 17.5. The molecule has 1 aliphatic rings. The minimum atomic E-state index is -0.154. The van der Waals surface area contributed by atoms with Gasteiger partial charge in [0.25, 0.3) is 0 Å². The van der Waals surface area contributed by atoms with Gasteiger partial charge in [-0.25, -0.2) is 4.98 Å². The highest BCUT2D eigenvalue weighted by atomic mass is 16.5. The maximum Gasteiger partial charge on any atom is 0.237 e. The molecule has 0 spiro atoms. The van der Waals surface area contributed by atoms with E-state index in [1.165, 1.54) is 0 Å². The Morgan fingerprint density at radius 1 is 1.32 bits per heavy atom. The second kappa shape index (κ2) is 6.88. The molecule has 1 saturated heterocycles. The first-order valence-electron chi connectivity index (χ1n) is 8.54. The maximum atomic E-state index is 11.8. The van der Waals surface area contributed by atoms with Gasteiger partial charge in [-0.2, -0.15) is 0 Å². The van der Waals surface area contributed by atoms with Gasteiger partial charge in [0.1, 0.15) is 11.5 Å². The van der Waals surface area contributed by atoms with Crippen molar-refractivity contribution in [2.45, 2.75) is 40.3 Å². The molecule has 25 heavy (non-hydrogen) atoms. The number of carbonyl (C=O) groups is 1. The number of methoxy groups -OCH3 is 1. The predicted molar refractivity (Wildman–Crippen MR) is 95.6 cm³/mol. The fraction of sp³-hybridized carbons (Fsp3) is 0.474. The molecule has 2 aromatic rings. The summed E-state index contributed by atoms with van der Waals surface area (Å²) < 4.78 is 11.3. The number of rotatable bonds is 4. The summed E-state index contributed by atoms with van der Waals surface area (Å²) in [6.07, 6.45) is 0. The van der Waals surface area contributed by atoms with Crippen LogP contribution >= 0.6 is 0 Å². The van der Waals surface area contributed by atoms with Crippen LogP contribution in [-0.2, 0) is 11.3 Å². The lowest BCUT2D eigenvalue weighted by Crippen LogP contribution is -2.53. The van der Waals surface area contributed by atoms with Gasteiger partial charge in [-0.3, -0.25) is 9.69 Å². The standard InChI is InChI=1S/C19H25N3O3/c1-11-9-17(24-5)12(2)8-15(11)19-21-16(14(4)25-19)10-22-7-6-20-18(23)13(22)3/h8-9,13H,6-7,10H2,1-5H3,(H,20,23)/t13-/m1/s1. The number of hydrogen-bond donors (Lipinski definition) is 1. The smallest absolute Gasteiger partial charge is 0.237 e. The third-order valence-corrected chi connectivity index (χ3v) is 4.84. The molecular weight excluding hydrogens is 318 g/mol. The predicted octanol–water partition coefficient (Wildman–Crippen LogP) is 2.60. The fourth-order valence-electron chi connectivity index (χ4n) is 3.17. The van der Waals surface area contributed by atoms with Crippen LogP contribution in [0.25, 0.3) is 11.5 Å². The number of aromatic nitrogens is 1. The Bertz CT molecular complexity index is 797. The van der Waals surface area contributed by atoms with Crippen LogP contribution in [0.5, 0.6) is 5.75 Å². The average Bonchev–Trinajstić information content (AvgIpc) is 2.94. The van der Waals surface area contributed by atoms with Crippen molar-refractivity contribution in [1.82, 2.24) is 15.2 Å². The van der Waals surface area contributed by atoms with E-state index in [4.69, 9.17) is 14.1 Å². The van der Waals surface area contributed by atoms with Crippen LogP contribution in [0.2, 0.25) is 0 Å². The fourth-order valence-corrected chi connectivity index (χ4v) is 3.17.